The van der Waals surface area contributed by atoms with Crippen molar-refractivity contribution in [2.45, 2.75) is 43.8 Å². The zero-order valence-electron chi connectivity index (χ0n) is 19.0. The van der Waals surface area contributed by atoms with Crippen molar-refractivity contribution in [1.29, 1.82) is 0 Å². The van der Waals surface area contributed by atoms with Crippen LogP contribution in [-0.4, -0.2) is 77.0 Å². The number of carbonyl (C=O) groups excluding carboxylic acids is 3. The number of amides is 3. The Hall–Kier alpha value is -4.20. The number of nitrogens with zero attached hydrogens (tertiary/aromatic N) is 1. The van der Waals surface area contributed by atoms with E-state index < -0.39 is 60.8 Å². The number of aliphatic imine (C=N–C) groups is 1. The van der Waals surface area contributed by atoms with E-state index in [0.717, 1.165) is 0 Å². The summed E-state index contributed by atoms with van der Waals surface area (Å²) in [6.45, 7) is -0.298. The van der Waals surface area contributed by atoms with E-state index in [-0.39, 0.29) is 25.3 Å². The maximum Gasteiger partial charge on any atom is 0.326 e. The number of hydrogen-bond donors (Lipinski definition) is 8. The molecule has 3 atom stereocenters. The van der Waals surface area contributed by atoms with Gasteiger partial charge >= 0.3 is 11.9 Å². The minimum absolute atomic E-state index is 0.0488. The van der Waals surface area contributed by atoms with Gasteiger partial charge in [0.25, 0.3) is 0 Å². The second-order valence-electron chi connectivity index (χ2n) is 7.58. The van der Waals surface area contributed by atoms with Crippen molar-refractivity contribution in [3.63, 3.8) is 0 Å². The summed E-state index contributed by atoms with van der Waals surface area (Å²) in [7, 11) is 0. The van der Waals surface area contributed by atoms with E-state index in [0.29, 0.717) is 12.0 Å². The molecule has 1 aromatic rings. The molecule has 0 aromatic heterocycles. The van der Waals surface area contributed by atoms with Crippen molar-refractivity contribution >= 4 is 35.6 Å². The van der Waals surface area contributed by atoms with Gasteiger partial charge in [0.05, 0.1) is 19.0 Å². The molecule has 1 rings (SSSR count). The van der Waals surface area contributed by atoms with Gasteiger partial charge in [-0.05, 0) is 18.4 Å². The Morgan fingerprint density at radius 3 is 2.17 bits per heavy atom. The number of carboxylic acid groups (broad SMARTS) is 2. The smallest absolute Gasteiger partial charge is 0.326 e. The van der Waals surface area contributed by atoms with Crippen LogP contribution in [0, 0.1) is 0 Å². The number of carboxylic acids is 2. The van der Waals surface area contributed by atoms with E-state index >= 15 is 0 Å². The first-order chi connectivity index (χ1) is 16.5. The van der Waals surface area contributed by atoms with Gasteiger partial charge in [0.2, 0.25) is 17.7 Å². The third-order valence-corrected chi connectivity index (χ3v) is 4.66. The number of hydrogen-bond acceptors (Lipinski definition) is 7. The van der Waals surface area contributed by atoms with Crippen LogP contribution in [0.5, 0.6) is 0 Å². The van der Waals surface area contributed by atoms with Gasteiger partial charge in [0.1, 0.15) is 12.1 Å². The molecule has 14 heteroatoms. The van der Waals surface area contributed by atoms with Crippen LogP contribution in [0.15, 0.2) is 35.3 Å². The average molecular weight is 494 g/mol. The zero-order valence-corrected chi connectivity index (χ0v) is 19.0. The molecule has 3 amide bonds. The lowest BCUT2D eigenvalue weighted by Crippen LogP contribution is -2.54. The molecule has 0 saturated heterocycles. The molecule has 0 aliphatic carbocycles. The minimum Gasteiger partial charge on any atom is -0.481 e. The van der Waals surface area contributed by atoms with Crippen molar-refractivity contribution in [1.82, 2.24) is 16.0 Å². The number of nitrogens with two attached hydrogens (primary N) is 3. The normalized spacial score (nSPS) is 12.9. The van der Waals surface area contributed by atoms with Crippen LogP contribution in [0.3, 0.4) is 0 Å². The predicted molar refractivity (Wildman–Crippen MR) is 125 cm³/mol. The largest absolute Gasteiger partial charge is 0.481 e. The molecular weight excluding hydrogens is 462 g/mol. The Kier molecular flexibility index (Phi) is 12.2. The molecule has 0 spiro atoms. The minimum atomic E-state index is -1.57. The lowest BCUT2D eigenvalue weighted by Gasteiger charge is -2.21. The topological polar surface area (TPSA) is 252 Å². The fourth-order valence-corrected chi connectivity index (χ4v) is 2.90. The lowest BCUT2D eigenvalue weighted by atomic mass is 10.1. The summed E-state index contributed by atoms with van der Waals surface area (Å²) >= 11 is 0. The highest BCUT2D eigenvalue weighted by Gasteiger charge is 2.28. The molecule has 14 nitrogen and oxygen atoms in total. The summed E-state index contributed by atoms with van der Waals surface area (Å²) in [6, 6.07) is 4.64. The van der Waals surface area contributed by atoms with Crippen LogP contribution in [0.2, 0.25) is 0 Å². The molecule has 0 fully saturated rings. The first-order valence-corrected chi connectivity index (χ1v) is 10.7. The van der Waals surface area contributed by atoms with Gasteiger partial charge in [-0.3, -0.25) is 24.2 Å². The van der Waals surface area contributed by atoms with Crippen LogP contribution in [0.1, 0.15) is 24.8 Å². The molecule has 11 N–H and O–H groups in total. The SMILES string of the molecule is NC(N)=NCCC[C@@H](N)C(=O)NCC(=O)N[C@@H](CC(=O)O)C(=O)N[C@@H](Cc1ccccc1)C(=O)O. The highest BCUT2D eigenvalue weighted by molar-refractivity contribution is 5.94. The lowest BCUT2D eigenvalue weighted by molar-refractivity contribution is -0.143. The van der Waals surface area contributed by atoms with Gasteiger partial charge in [-0.2, -0.15) is 0 Å². The third kappa shape index (κ3) is 12.0. The number of carbonyl (C=O) groups is 5. The molecule has 0 aliphatic rings. The quantitative estimate of drug-likeness (QED) is 0.0710. The van der Waals surface area contributed by atoms with Crippen LogP contribution < -0.4 is 33.2 Å². The monoisotopic (exact) mass is 493 g/mol. The fourth-order valence-electron chi connectivity index (χ4n) is 2.90. The van der Waals surface area contributed by atoms with Crippen LogP contribution in [0.4, 0.5) is 0 Å². The molecule has 0 heterocycles. The van der Waals surface area contributed by atoms with Crippen molar-refractivity contribution in [2.75, 3.05) is 13.1 Å². The maximum absolute atomic E-state index is 12.6. The zero-order chi connectivity index (χ0) is 26.4. The molecule has 0 aliphatic heterocycles. The van der Waals surface area contributed by atoms with Crippen LogP contribution >= 0.6 is 0 Å². The van der Waals surface area contributed by atoms with E-state index in [1.54, 1.807) is 30.3 Å². The Morgan fingerprint density at radius 2 is 1.60 bits per heavy atom. The molecule has 0 unspecified atom stereocenters. The van der Waals surface area contributed by atoms with Gasteiger partial charge in [-0.1, -0.05) is 30.3 Å². The molecule has 0 saturated carbocycles. The summed E-state index contributed by atoms with van der Waals surface area (Å²) in [6.07, 6.45) is -0.181. The number of guanidine groups is 1. The van der Waals surface area contributed by atoms with E-state index in [2.05, 4.69) is 20.9 Å². The Labute approximate surface area is 201 Å². The Balaban J connectivity index is 2.65. The van der Waals surface area contributed by atoms with E-state index in [4.69, 9.17) is 22.3 Å². The van der Waals surface area contributed by atoms with E-state index in [1.165, 1.54) is 0 Å². The molecule has 1 aromatic carbocycles. The standard InChI is InChI=1S/C21H31N7O7/c22-13(7-4-8-25-21(23)24)18(32)26-11-16(29)27-14(10-17(30)31)19(33)28-15(20(34)35)9-12-5-2-1-3-6-12/h1-3,5-6,13-15H,4,7-11,22H2,(H,26,32)(H,27,29)(H,28,33)(H,30,31)(H,34,35)(H4,23,24,25)/t13-,14+,15+/m1/s1. The summed E-state index contributed by atoms with van der Waals surface area (Å²) in [5.41, 5.74) is 16.8. The second-order valence-corrected chi connectivity index (χ2v) is 7.58. The molecular formula is C21H31N7O7. The summed E-state index contributed by atoms with van der Waals surface area (Å²) in [5, 5.41) is 25.2. The van der Waals surface area contributed by atoms with Gasteiger partial charge in [0, 0.05) is 13.0 Å². The summed E-state index contributed by atoms with van der Waals surface area (Å²) in [4.78, 5) is 63.3. The molecule has 0 bridgehead atoms. The number of aliphatic carboxylic acids is 2. The average Bonchev–Trinajstić information content (AvgIpc) is 2.79. The van der Waals surface area contributed by atoms with Crippen LogP contribution in [0.25, 0.3) is 0 Å². The number of nitrogens with one attached hydrogen (secondary N) is 3. The maximum atomic E-state index is 12.6. The summed E-state index contributed by atoms with van der Waals surface area (Å²) < 4.78 is 0. The highest BCUT2D eigenvalue weighted by Crippen LogP contribution is 2.05. The van der Waals surface area contributed by atoms with Gasteiger partial charge < -0.3 is 43.4 Å². The molecule has 192 valence electrons. The first kappa shape index (κ1) is 28.8. The highest BCUT2D eigenvalue weighted by atomic mass is 16.4. The van der Waals surface area contributed by atoms with Crippen molar-refractivity contribution in [3.05, 3.63) is 35.9 Å². The number of benzene rings is 1. The molecule has 35 heavy (non-hydrogen) atoms. The summed E-state index contributed by atoms with van der Waals surface area (Å²) in [5.74, 6) is -5.31. The molecule has 0 radical (unpaired) electrons. The van der Waals surface area contributed by atoms with Gasteiger partial charge in [-0.15, -0.1) is 0 Å². The van der Waals surface area contributed by atoms with Crippen molar-refractivity contribution in [3.8, 4) is 0 Å². The van der Waals surface area contributed by atoms with E-state index in [9.17, 15) is 29.1 Å². The van der Waals surface area contributed by atoms with Gasteiger partial charge in [0.15, 0.2) is 5.96 Å². The fraction of sp³-hybridized carbons (Fsp3) is 0.429. The van der Waals surface area contributed by atoms with Crippen LogP contribution in [-0.2, 0) is 30.4 Å². The number of rotatable bonds is 15. The van der Waals surface area contributed by atoms with Crippen molar-refractivity contribution < 1.29 is 34.2 Å². The Bertz CT molecular complexity index is 920. The van der Waals surface area contributed by atoms with Gasteiger partial charge in [-0.25, -0.2) is 4.79 Å². The first-order valence-electron chi connectivity index (χ1n) is 10.7. The van der Waals surface area contributed by atoms with E-state index in [1.807, 2.05) is 0 Å². The predicted octanol–water partition coefficient (Wildman–Crippen LogP) is -2.74. The second kappa shape index (κ2) is 14.8. The van der Waals surface area contributed by atoms with Crippen molar-refractivity contribution in [2.24, 2.45) is 22.2 Å². The Morgan fingerprint density at radius 1 is 0.943 bits per heavy atom. The third-order valence-electron chi connectivity index (χ3n) is 4.66.